The van der Waals surface area contributed by atoms with E-state index in [2.05, 4.69) is 0 Å². The van der Waals surface area contributed by atoms with Gasteiger partial charge in [-0.25, -0.2) is 13.2 Å². The van der Waals surface area contributed by atoms with Crippen LogP contribution in [0.5, 0.6) is 0 Å². The molecule has 0 saturated heterocycles. The Bertz CT molecular complexity index is 326. The van der Waals surface area contributed by atoms with E-state index in [0.29, 0.717) is 12.0 Å². The molecule has 1 atom stereocenters. The molecule has 0 fully saturated rings. The summed E-state index contributed by atoms with van der Waals surface area (Å²) in [5.74, 6) is -0.645. The Hall–Kier alpha value is -1.03. The van der Waals surface area contributed by atoms with E-state index >= 15 is 0 Å². The third-order valence-corrected chi connectivity index (χ3v) is 2.28. The molecule has 0 spiro atoms. The zero-order valence-corrected chi connectivity index (χ0v) is 8.51. The topological polar surface area (TPSA) is 26.0 Å². The average Bonchev–Trinajstić information content (AvgIpc) is 2.17. The van der Waals surface area contributed by atoms with Crippen molar-refractivity contribution in [3.63, 3.8) is 0 Å². The molecule has 0 aliphatic rings. The van der Waals surface area contributed by atoms with E-state index in [0.717, 1.165) is 12.5 Å². The van der Waals surface area contributed by atoms with Crippen molar-refractivity contribution in [3.8, 4) is 0 Å². The third kappa shape index (κ3) is 2.96. The predicted octanol–water partition coefficient (Wildman–Crippen LogP) is 3.56. The van der Waals surface area contributed by atoms with E-state index < -0.39 is 18.3 Å². The second-order valence-corrected chi connectivity index (χ2v) is 3.48. The highest BCUT2D eigenvalue weighted by Crippen LogP contribution is 2.25. The molecule has 0 radical (unpaired) electrons. The van der Waals surface area contributed by atoms with Gasteiger partial charge in [0.05, 0.1) is 0 Å². The lowest BCUT2D eigenvalue weighted by atomic mass is 10.0. The maximum absolute atomic E-state index is 13.4. The van der Waals surface area contributed by atoms with Crippen molar-refractivity contribution >= 4 is 0 Å². The number of nitrogens with two attached hydrogens (primary N) is 1. The predicted molar refractivity (Wildman–Crippen MR) is 53.2 cm³/mol. The minimum atomic E-state index is -2.64. The van der Waals surface area contributed by atoms with Gasteiger partial charge in [0.15, 0.2) is 0 Å². The number of hydrogen-bond donors (Lipinski definition) is 1. The maximum atomic E-state index is 13.4. The Morgan fingerprint density at radius 3 is 2.47 bits per heavy atom. The largest absolute Gasteiger partial charge is 0.324 e. The SMILES string of the molecule is CCC[C@H](N)c1ccc(C(F)F)cc1F. The molecular weight excluding hydrogens is 203 g/mol. The van der Waals surface area contributed by atoms with Crippen LogP contribution in [0.3, 0.4) is 0 Å². The van der Waals surface area contributed by atoms with E-state index in [-0.39, 0.29) is 5.56 Å². The number of benzene rings is 1. The molecule has 0 aliphatic heterocycles. The molecule has 1 nitrogen and oxygen atoms in total. The Morgan fingerprint density at radius 1 is 1.33 bits per heavy atom. The van der Waals surface area contributed by atoms with Gasteiger partial charge in [-0.1, -0.05) is 25.5 Å². The first-order valence-corrected chi connectivity index (χ1v) is 4.89. The molecule has 0 unspecified atom stereocenters. The standard InChI is InChI=1S/C11H14F3N/c1-2-3-10(15)8-5-4-7(11(13)14)6-9(8)12/h4-6,10-11H,2-3,15H2,1H3/t10-/m0/s1. The smallest absolute Gasteiger partial charge is 0.263 e. The molecule has 4 heteroatoms. The van der Waals surface area contributed by atoms with Gasteiger partial charge in [-0.05, 0) is 12.5 Å². The minimum Gasteiger partial charge on any atom is -0.324 e. The van der Waals surface area contributed by atoms with Gasteiger partial charge >= 0.3 is 0 Å². The summed E-state index contributed by atoms with van der Waals surface area (Å²) in [6, 6.07) is 3.01. The number of alkyl halides is 2. The first-order valence-electron chi connectivity index (χ1n) is 4.89. The minimum absolute atomic E-state index is 0.306. The van der Waals surface area contributed by atoms with Crippen molar-refractivity contribution < 1.29 is 13.2 Å². The molecule has 0 saturated carbocycles. The van der Waals surface area contributed by atoms with Crippen LogP contribution < -0.4 is 5.73 Å². The molecule has 1 aromatic rings. The van der Waals surface area contributed by atoms with Crippen LogP contribution in [0.25, 0.3) is 0 Å². The summed E-state index contributed by atoms with van der Waals surface area (Å²) in [5, 5.41) is 0. The van der Waals surface area contributed by atoms with E-state index in [4.69, 9.17) is 5.73 Å². The summed E-state index contributed by atoms with van der Waals surface area (Å²) < 4.78 is 37.8. The normalized spacial score (nSPS) is 13.2. The fraction of sp³-hybridized carbons (Fsp3) is 0.455. The molecule has 1 rings (SSSR count). The van der Waals surface area contributed by atoms with Crippen LogP contribution >= 0.6 is 0 Å². The number of hydrogen-bond acceptors (Lipinski definition) is 1. The quantitative estimate of drug-likeness (QED) is 0.819. The van der Waals surface area contributed by atoms with Gasteiger partial charge in [0.25, 0.3) is 6.43 Å². The molecule has 0 bridgehead atoms. The van der Waals surface area contributed by atoms with Crippen molar-refractivity contribution in [1.29, 1.82) is 0 Å². The highest BCUT2D eigenvalue weighted by molar-refractivity contribution is 5.27. The van der Waals surface area contributed by atoms with Crippen molar-refractivity contribution in [3.05, 3.63) is 35.1 Å². The Balaban J connectivity index is 2.92. The molecule has 0 amide bonds. The molecule has 2 N–H and O–H groups in total. The maximum Gasteiger partial charge on any atom is 0.263 e. The second-order valence-electron chi connectivity index (χ2n) is 3.48. The van der Waals surface area contributed by atoms with Crippen LogP contribution in [-0.2, 0) is 0 Å². The van der Waals surface area contributed by atoms with Crippen LogP contribution in [0.1, 0.15) is 43.4 Å². The lowest BCUT2D eigenvalue weighted by Gasteiger charge is -2.12. The Labute approximate surface area is 87.1 Å². The van der Waals surface area contributed by atoms with Gasteiger partial charge in [0, 0.05) is 17.2 Å². The van der Waals surface area contributed by atoms with Crippen LogP contribution in [0.4, 0.5) is 13.2 Å². The monoisotopic (exact) mass is 217 g/mol. The first-order chi connectivity index (χ1) is 7.06. The summed E-state index contributed by atoms with van der Waals surface area (Å²) in [7, 11) is 0. The van der Waals surface area contributed by atoms with Crippen LogP contribution in [0, 0.1) is 5.82 Å². The zero-order valence-electron chi connectivity index (χ0n) is 8.51. The van der Waals surface area contributed by atoms with E-state index in [1.165, 1.54) is 12.1 Å². The second kappa shape index (κ2) is 5.16. The summed E-state index contributed by atoms with van der Waals surface area (Å²) in [6.45, 7) is 1.94. The van der Waals surface area contributed by atoms with Gasteiger partial charge in [0.2, 0.25) is 0 Å². The number of rotatable bonds is 4. The molecule has 0 aromatic heterocycles. The van der Waals surface area contributed by atoms with Crippen LogP contribution in [0.15, 0.2) is 18.2 Å². The fourth-order valence-electron chi connectivity index (χ4n) is 1.45. The Kier molecular flexibility index (Phi) is 4.15. The summed E-state index contributed by atoms with van der Waals surface area (Å²) in [6.07, 6.45) is -1.17. The van der Waals surface area contributed by atoms with Gasteiger partial charge in [-0.15, -0.1) is 0 Å². The van der Waals surface area contributed by atoms with E-state index in [9.17, 15) is 13.2 Å². The van der Waals surface area contributed by atoms with E-state index in [1.807, 2.05) is 6.92 Å². The molecule has 0 heterocycles. The summed E-state index contributed by atoms with van der Waals surface area (Å²) >= 11 is 0. The summed E-state index contributed by atoms with van der Waals surface area (Å²) in [5.41, 5.74) is 5.71. The molecule has 1 aromatic carbocycles. The molecular formula is C11H14F3N. The van der Waals surface area contributed by atoms with Gasteiger partial charge in [0.1, 0.15) is 5.82 Å². The van der Waals surface area contributed by atoms with Crippen molar-refractivity contribution in [2.45, 2.75) is 32.2 Å². The zero-order chi connectivity index (χ0) is 11.4. The Morgan fingerprint density at radius 2 is 2.00 bits per heavy atom. The average molecular weight is 217 g/mol. The van der Waals surface area contributed by atoms with Gasteiger partial charge in [-0.2, -0.15) is 0 Å². The lowest BCUT2D eigenvalue weighted by Crippen LogP contribution is -2.11. The van der Waals surface area contributed by atoms with Crippen molar-refractivity contribution in [1.82, 2.24) is 0 Å². The molecule has 84 valence electrons. The fourth-order valence-corrected chi connectivity index (χ4v) is 1.45. The van der Waals surface area contributed by atoms with Crippen LogP contribution in [0.2, 0.25) is 0 Å². The highest BCUT2D eigenvalue weighted by atomic mass is 19.3. The van der Waals surface area contributed by atoms with Crippen LogP contribution in [-0.4, -0.2) is 0 Å². The lowest BCUT2D eigenvalue weighted by molar-refractivity contribution is 0.151. The third-order valence-electron chi connectivity index (χ3n) is 2.28. The molecule has 0 aliphatic carbocycles. The van der Waals surface area contributed by atoms with Gasteiger partial charge < -0.3 is 5.73 Å². The first kappa shape index (κ1) is 12.0. The van der Waals surface area contributed by atoms with Crippen molar-refractivity contribution in [2.75, 3.05) is 0 Å². The van der Waals surface area contributed by atoms with Gasteiger partial charge in [-0.3, -0.25) is 0 Å². The molecule has 15 heavy (non-hydrogen) atoms. The highest BCUT2D eigenvalue weighted by Gasteiger charge is 2.14. The van der Waals surface area contributed by atoms with E-state index in [1.54, 1.807) is 0 Å². The summed E-state index contributed by atoms with van der Waals surface area (Å²) in [4.78, 5) is 0. The number of halogens is 3. The van der Waals surface area contributed by atoms with Crippen molar-refractivity contribution in [2.24, 2.45) is 5.73 Å².